The molecule has 7 nitrogen and oxygen atoms in total. The molecule has 0 spiro atoms. The normalized spacial score (nSPS) is 23.6. The van der Waals surface area contributed by atoms with Gasteiger partial charge in [0.1, 0.15) is 0 Å². The second-order valence-corrected chi connectivity index (χ2v) is 7.94. The van der Waals surface area contributed by atoms with Gasteiger partial charge in [0, 0.05) is 52.2 Å². The Labute approximate surface area is 174 Å². The van der Waals surface area contributed by atoms with E-state index in [1.165, 1.54) is 5.56 Å². The summed E-state index contributed by atoms with van der Waals surface area (Å²) in [7, 11) is 1.80. The van der Waals surface area contributed by atoms with E-state index in [1.807, 2.05) is 6.92 Å². The number of morpholine rings is 1. The van der Waals surface area contributed by atoms with Crippen LogP contribution in [0.1, 0.15) is 32.3 Å². The Morgan fingerprint density at radius 2 is 2.10 bits per heavy atom. The van der Waals surface area contributed by atoms with E-state index in [0.29, 0.717) is 19.0 Å². The smallest absolute Gasteiger partial charge is 0.221 e. The summed E-state index contributed by atoms with van der Waals surface area (Å²) in [5.74, 6) is 0.925. The SMILES string of the molecule is CCC(C)NC(=O)CCNC(=NC)N1CC2OCCN(Cc3ccccc3)C2C1. The maximum Gasteiger partial charge on any atom is 0.221 e. The topological polar surface area (TPSA) is 69.2 Å². The van der Waals surface area contributed by atoms with Crippen molar-refractivity contribution < 1.29 is 9.53 Å². The van der Waals surface area contributed by atoms with Gasteiger partial charge in [-0.15, -0.1) is 0 Å². The summed E-state index contributed by atoms with van der Waals surface area (Å²) >= 11 is 0. The van der Waals surface area contributed by atoms with Crippen molar-refractivity contribution in [2.24, 2.45) is 4.99 Å². The molecule has 0 aliphatic carbocycles. The third-order valence-corrected chi connectivity index (χ3v) is 5.81. The van der Waals surface area contributed by atoms with Crippen LogP contribution in [0.15, 0.2) is 35.3 Å². The van der Waals surface area contributed by atoms with Crippen LogP contribution in [0, 0.1) is 0 Å². The van der Waals surface area contributed by atoms with E-state index >= 15 is 0 Å². The van der Waals surface area contributed by atoms with Crippen molar-refractivity contribution in [3.8, 4) is 0 Å². The summed E-state index contributed by atoms with van der Waals surface area (Å²) in [4.78, 5) is 21.2. The van der Waals surface area contributed by atoms with E-state index in [9.17, 15) is 4.79 Å². The van der Waals surface area contributed by atoms with Crippen LogP contribution in [0.5, 0.6) is 0 Å². The molecule has 3 unspecified atom stereocenters. The number of nitrogens with one attached hydrogen (secondary N) is 2. The molecule has 1 aromatic rings. The monoisotopic (exact) mass is 401 g/mol. The summed E-state index contributed by atoms with van der Waals surface area (Å²) < 4.78 is 6.06. The summed E-state index contributed by atoms with van der Waals surface area (Å²) in [5, 5.41) is 6.35. The van der Waals surface area contributed by atoms with Crippen LogP contribution in [-0.2, 0) is 16.1 Å². The fraction of sp³-hybridized carbons (Fsp3) is 0.636. The van der Waals surface area contributed by atoms with Gasteiger partial charge in [0.25, 0.3) is 0 Å². The Hall–Kier alpha value is -2.12. The van der Waals surface area contributed by atoms with E-state index in [2.05, 4.69) is 62.7 Å². The number of hydrogen-bond donors (Lipinski definition) is 2. The molecular weight excluding hydrogens is 366 g/mol. The maximum absolute atomic E-state index is 12.0. The van der Waals surface area contributed by atoms with Crippen LogP contribution in [-0.4, -0.2) is 79.7 Å². The Balaban J connectivity index is 1.51. The molecule has 29 heavy (non-hydrogen) atoms. The Bertz CT molecular complexity index is 681. The first kappa shape index (κ1) is 21.6. The number of carbonyl (C=O) groups excluding carboxylic acids is 1. The van der Waals surface area contributed by atoms with Gasteiger partial charge in [-0.25, -0.2) is 0 Å². The van der Waals surface area contributed by atoms with Crippen molar-refractivity contribution >= 4 is 11.9 Å². The number of rotatable bonds is 7. The molecule has 2 aliphatic heterocycles. The zero-order valence-electron chi connectivity index (χ0n) is 17.9. The molecule has 160 valence electrons. The molecule has 0 aromatic heterocycles. The molecule has 2 saturated heterocycles. The predicted octanol–water partition coefficient (Wildman–Crippen LogP) is 1.45. The van der Waals surface area contributed by atoms with Gasteiger partial charge in [0.2, 0.25) is 5.91 Å². The number of carbonyl (C=O) groups is 1. The molecule has 3 atom stereocenters. The van der Waals surface area contributed by atoms with Crippen LogP contribution in [0.4, 0.5) is 0 Å². The van der Waals surface area contributed by atoms with E-state index in [-0.39, 0.29) is 18.1 Å². The third kappa shape index (κ3) is 5.93. The summed E-state index contributed by atoms with van der Waals surface area (Å²) in [6.07, 6.45) is 1.58. The van der Waals surface area contributed by atoms with E-state index in [1.54, 1.807) is 7.05 Å². The van der Waals surface area contributed by atoms with Gasteiger partial charge in [-0.2, -0.15) is 0 Å². The van der Waals surface area contributed by atoms with Crippen molar-refractivity contribution in [2.45, 2.75) is 51.4 Å². The van der Waals surface area contributed by atoms with Crippen molar-refractivity contribution in [1.29, 1.82) is 0 Å². The Morgan fingerprint density at radius 1 is 1.31 bits per heavy atom. The molecule has 0 radical (unpaired) electrons. The first-order chi connectivity index (χ1) is 14.1. The van der Waals surface area contributed by atoms with E-state index < -0.39 is 0 Å². The summed E-state index contributed by atoms with van der Waals surface area (Å²) in [6.45, 7) is 9.05. The molecule has 2 heterocycles. The molecular formula is C22H35N5O2. The number of amides is 1. The summed E-state index contributed by atoms with van der Waals surface area (Å²) in [5.41, 5.74) is 1.33. The fourth-order valence-corrected chi connectivity index (χ4v) is 4.01. The zero-order chi connectivity index (χ0) is 20.6. The molecule has 2 N–H and O–H groups in total. The minimum absolute atomic E-state index is 0.0785. The fourth-order valence-electron chi connectivity index (χ4n) is 4.01. The molecule has 0 bridgehead atoms. The first-order valence-electron chi connectivity index (χ1n) is 10.7. The average Bonchev–Trinajstić information content (AvgIpc) is 3.17. The minimum atomic E-state index is 0.0785. The van der Waals surface area contributed by atoms with E-state index in [0.717, 1.165) is 45.2 Å². The molecule has 7 heteroatoms. The van der Waals surface area contributed by atoms with Crippen LogP contribution < -0.4 is 10.6 Å². The van der Waals surface area contributed by atoms with Crippen molar-refractivity contribution in [2.75, 3.05) is 39.8 Å². The van der Waals surface area contributed by atoms with Crippen LogP contribution in [0.25, 0.3) is 0 Å². The molecule has 1 aromatic carbocycles. The highest BCUT2D eigenvalue weighted by molar-refractivity contribution is 5.81. The Kier molecular flexibility index (Phi) is 7.89. The molecule has 2 aliphatic rings. The van der Waals surface area contributed by atoms with Gasteiger partial charge in [-0.05, 0) is 18.9 Å². The van der Waals surface area contributed by atoms with E-state index in [4.69, 9.17) is 4.74 Å². The quantitative estimate of drug-likeness (QED) is 0.535. The lowest BCUT2D eigenvalue weighted by atomic mass is 10.1. The summed E-state index contributed by atoms with van der Waals surface area (Å²) in [6, 6.07) is 11.2. The lowest BCUT2D eigenvalue weighted by Crippen LogP contribution is -2.50. The lowest BCUT2D eigenvalue weighted by Gasteiger charge is -2.36. The van der Waals surface area contributed by atoms with Gasteiger partial charge in [0.05, 0.1) is 18.8 Å². The van der Waals surface area contributed by atoms with Crippen molar-refractivity contribution in [1.82, 2.24) is 20.4 Å². The predicted molar refractivity (Wildman–Crippen MR) is 116 cm³/mol. The van der Waals surface area contributed by atoms with Gasteiger partial charge in [0.15, 0.2) is 5.96 Å². The number of likely N-dealkylation sites (tertiary alicyclic amines) is 1. The number of hydrogen-bond acceptors (Lipinski definition) is 4. The molecule has 2 fully saturated rings. The van der Waals surface area contributed by atoms with Crippen molar-refractivity contribution in [3.05, 3.63) is 35.9 Å². The number of ether oxygens (including phenoxy) is 1. The highest BCUT2D eigenvalue weighted by Crippen LogP contribution is 2.24. The van der Waals surface area contributed by atoms with Gasteiger partial charge < -0.3 is 20.3 Å². The van der Waals surface area contributed by atoms with Gasteiger partial charge in [-0.3, -0.25) is 14.7 Å². The molecule has 0 saturated carbocycles. The van der Waals surface area contributed by atoms with Gasteiger partial charge >= 0.3 is 0 Å². The number of aliphatic imine (C=N–C) groups is 1. The average molecular weight is 402 g/mol. The number of guanidine groups is 1. The zero-order valence-corrected chi connectivity index (χ0v) is 17.9. The largest absolute Gasteiger partial charge is 0.373 e. The third-order valence-electron chi connectivity index (χ3n) is 5.81. The second kappa shape index (κ2) is 10.6. The van der Waals surface area contributed by atoms with Crippen LogP contribution in [0.3, 0.4) is 0 Å². The first-order valence-corrected chi connectivity index (χ1v) is 10.7. The standard InChI is InChI=1S/C22H35N5O2/c1-4-17(2)25-21(28)10-11-24-22(23-3)27-15-19-20(16-27)29-13-12-26(19)14-18-8-6-5-7-9-18/h5-9,17,19-20H,4,10-16H2,1-3H3,(H,23,24)(H,25,28). The van der Waals surface area contributed by atoms with Gasteiger partial charge in [-0.1, -0.05) is 37.3 Å². The number of benzene rings is 1. The van der Waals surface area contributed by atoms with Crippen LogP contribution >= 0.6 is 0 Å². The highest BCUT2D eigenvalue weighted by Gasteiger charge is 2.41. The Morgan fingerprint density at radius 3 is 2.83 bits per heavy atom. The maximum atomic E-state index is 12.0. The lowest BCUT2D eigenvalue weighted by molar-refractivity contribution is -0.121. The molecule has 1 amide bonds. The minimum Gasteiger partial charge on any atom is -0.373 e. The number of fused-ring (bicyclic) bond motifs is 1. The highest BCUT2D eigenvalue weighted by atomic mass is 16.5. The second-order valence-electron chi connectivity index (χ2n) is 7.94. The number of nitrogens with zero attached hydrogens (tertiary/aromatic N) is 3. The van der Waals surface area contributed by atoms with Crippen molar-refractivity contribution in [3.63, 3.8) is 0 Å². The molecule has 3 rings (SSSR count). The van der Waals surface area contributed by atoms with Crippen LogP contribution in [0.2, 0.25) is 0 Å².